The van der Waals surface area contributed by atoms with Crippen molar-refractivity contribution in [3.05, 3.63) is 11.4 Å². The third-order valence-corrected chi connectivity index (χ3v) is 5.15. The molecule has 6 nitrogen and oxygen atoms in total. The van der Waals surface area contributed by atoms with Gasteiger partial charge in [0.05, 0.1) is 22.7 Å². The molecule has 0 amide bonds. The number of nitriles is 1. The maximum absolute atomic E-state index is 8.82. The molecule has 1 saturated heterocycles. The molecule has 7 heteroatoms. The smallest absolute Gasteiger partial charge is 0.227 e. The molecule has 23 heavy (non-hydrogen) atoms. The number of aromatic nitrogens is 2. The Morgan fingerprint density at radius 2 is 2.13 bits per heavy atom. The molecule has 0 spiro atoms. The van der Waals surface area contributed by atoms with Crippen LogP contribution in [-0.4, -0.2) is 49.9 Å². The Balaban J connectivity index is 1.93. The van der Waals surface area contributed by atoms with E-state index in [0.717, 1.165) is 48.0 Å². The van der Waals surface area contributed by atoms with Crippen molar-refractivity contribution >= 4 is 33.3 Å². The summed E-state index contributed by atoms with van der Waals surface area (Å²) >= 11 is 1.64. The van der Waals surface area contributed by atoms with Crippen molar-refractivity contribution in [3.8, 4) is 6.07 Å². The monoisotopic (exact) mass is 331 g/mol. The number of ether oxygens (including phenoxy) is 1. The van der Waals surface area contributed by atoms with E-state index in [2.05, 4.69) is 18.0 Å². The summed E-state index contributed by atoms with van der Waals surface area (Å²) in [5.74, 6) is 1.66. The highest BCUT2D eigenvalue weighted by atomic mass is 32.1. The van der Waals surface area contributed by atoms with Crippen LogP contribution in [0.15, 0.2) is 11.4 Å². The molecule has 122 valence electrons. The first-order chi connectivity index (χ1) is 11.2. The Kier molecular flexibility index (Phi) is 4.94. The van der Waals surface area contributed by atoms with E-state index in [1.54, 1.807) is 11.3 Å². The topological polar surface area (TPSA) is 65.3 Å². The number of rotatable bonds is 5. The van der Waals surface area contributed by atoms with Crippen molar-refractivity contribution in [3.63, 3.8) is 0 Å². The molecular weight excluding hydrogens is 310 g/mol. The van der Waals surface area contributed by atoms with Crippen molar-refractivity contribution < 1.29 is 4.74 Å². The fraction of sp³-hybridized carbons (Fsp3) is 0.562. The van der Waals surface area contributed by atoms with E-state index < -0.39 is 0 Å². The molecular formula is C16H21N5OS. The van der Waals surface area contributed by atoms with Crippen LogP contribution in [0.1, 0.15) is 19.3 Å². The molecule has 0 atom stereocenters. The Labute approximate surface area is 140 Å². The molecule has 1 fully saturated rings. The lowest BCUT2D eigenvalue weighted by molar-refractivity contribution is 0.0852. The van der Waals surface area contributed by atoms with Crippen molar-refractivity contribution in [2.45, 2.75) is 25.3 Å². The molecule has 0 saturated carbocycles. The van der Waals surface area contributed by atoms with Gasteiger partial charge >= 0.3 is 0 Å². The van der Waals surface area contributed by atoms with E-state index in [0.29, 0.717) is 19.0 Å². The van der Waals surface area contributed by atoms with E-state index >= 15 is 0 Å². The van der Waals surface area contributed by atoms with Gasteiger partial charge in [0.15, 0.2) is 5.82 Å². The molecule has 0 aliphatic carbocycles. The molecule has 0 N–H and O–H groups in total. The first kappa shape index (κ1) is 16.0. The lowest BCUT2D eigenvalue weighted by atomic mass is 10.1. The lowest BCUT2D eigenvalue weighted by Gasteiger charge is -2.31. The first-order valence-electron chi connectivity index (χ1n) is 7.84. The van der Waals surface area contributed by atoms with Gasteiger partial charge in [-0.1, -0.05) is 0 Å². The van der Waals surface area contributed by atoms with Gasteiger partial charge in [-0.15, -0.1) is 11.3 Å². The van der Waals surface area contributed by atoms with Gasteiger partial charge in [-0.25, -0.2) is 4.98 Å². The zero-order valence-electron chi connectivity index (χ0n) is 13.5. The summed E-state index contributed by atoms with van der Waals surface area (Å²) in [5.41, 5.74) is 0.970. The zero-order valence-corrected chi connectivity index (χ0v) is 14.3. The Hall–Kier alpha value is -1.91. The maximum Gasteiger partial charge on any atom is 0.227 e. The fourth-order valence-corrected chi connectivity index (χ4v) is 3.69. The summed E-state index contributed by atoms with van der Waals surface area (Å²) in [6.45, 7) is 2.26. The molecule has 1 aliphatic heterocycles. The third-order valence-electron chi connectivity index (χ3n) is 4.25. The quantitative estimate of drug-likeness (QED) is 0.839. The van der Waals surface area contributed by atoms with Gasteiger partial charge < -0.3 is 14.5 Å². The second-order valence-electron chi connectivity index (χ2n) is 5.77. The Morgan fingerprint density at radius 3 is 2.87 bits per heavy atom. The van der Waals surface area contributed by atoms with Gasteiger partial charge in [-0.3, -0.25) is 0 Å². The van der Waals surface area contributed by atoms with Crippen LogP contribution in [0.2, 0.25) is 0 Å². The Morgan fingerprint density at radius 1 is 1.35 bits per heavy atom. The van der Waals surface area contributed by atoms with Crippen LogP contribution < -0.4 is 9.80 Å². The summed E-state index contributed by atoms with van der Waals surface area (Å²) in [5, 5.41) is 10.9. The summed E-state index contributed by atoms with van der Waals surface area (Å²) in [7, 11) is 4.04. The maximum atomic E-state index is 8.82. The van der Waals surface area contributed by atoms with Gasteiger partial charge in [-0.05, 0) is 24.3 Å². The predicted octanol–water partition coefficient (Wildman–Crippen LogP) is 2.66. The summed E-state index contributed by atoms with van der Waals surface area (Å²) in [4.78, 5) is 13.7. The second kappa shape index (κ2) is 7.11. The van der Waals surface area contributed by atoms with Crippen LogP contribution in [0.3, 0.4) is 0 Å². The van der Waals surface area contributed by atoms with Gasteiger partial charge in [0.25, 0.3) is 0 Å². The van der Waals surface area contributed by atoms with Crippen LogP contribution in [-0.2, 0) is 4.74 Å². The number of thiophene rings is 1. The van der Waals surface area contributed by atoms with E-state index in [1.807, 2.05) is 23.4 Å². The molecule has 0 aromatic carbocycles. The number of fused-ring (bicyclic) bond motifs is 1. The first-order valence-corrected chi connectivity index (χ1v) is 8.72. The molecule has 0 radical (unpaired) electrons. The highest BCUT2D eigenvalue weighted by Gasteiger charge is 2.22. The van der Waals surface area contributed by atoms with E-state index in [-0.39, 0.29) is 0 Å². The van der Waals surface area contributed by atoms with Gasteiger partial charge in [0, 0.05) is 39.9 Å². The van der Waals surface area contributed by atoms with Gasteiger partial charge in [0.2, 0.25) is 5.95 Å². The van der Waals surface area contributed by atoms with Crippen molar-refractivity contribution in [1.82, 2.24) is 9.97 Å². The lowest BCUT2D eigenvalue weighted by Crippen LogP contribution is -2.37. The molecule has 3 heterocycles. The fourth-order valence-electron chi connectivity index (χ4n) is 2.81. The van der Waals surface area contributed by atoms with E-state index in [1.165, 1.54) is 0 Å². The predicted molar refractivity (Wildman–Crippen MR) is 93.2 cm³/mol. The van der Waals surface area contributed by atoms with Gasteiger partial charge in [-0.2, -0.15) is 10.2 Å². The normalized spacial score (nSPS) is 15.5. The molecule has 0 bridgehead atoms. The summed E-state index contributed by atoms with van der Waals surface area (Å²) in [6.07, 6.45) is 2.49. The highest BCUT2D eigenvalue weighted by Crippen LogP contribution is 2.31. The molecule has 1 aliphatic rings. The largest absolute Gasteiger partial charge is 0.381 e. The number of hydrogen-bond acceptors (Lipinski definition) is 7. The molecule has 2 aromatic rings. The van der Waals surface area contributed by atoms with Crippen molar-refractivity contribution in [2.24, 2.45) is 0 Å². The molecule has 2 aromatic heterocycles. The summed E-state index contributed by atoms with van der Waals surface area (Å²) in [6, 6.07) is 4.64. The highest BCUT2D eigenvalue weighted by molar-refractivity contribution is 7.17. The van der Waals surface area contributed by atoms with Crippen molar-refractivity contribution in [2.75, 3.05) is 43.7 Å². The Bertz CT molecular complexity index is 704. The minimum Gasteiger partial charge on any atom is -0.381 e. The van der Waals surface area contributed by atoms with Crippen molar-refractivity contribution in [1.29, 1.82) is 5.26 Å². The average Bonchev–Trinajstić information content (AvgIpc) is 3.07. The van der Waals surface area contributed by atoms with Crippen LogP contribution in [0.4, 0.5) is 11.8 Å². The zero-order chi connectivity index (χ0) is 16.2. The van der Waals surface area contributed by atoms with Crippen LogP contribution in [0.25, 0.3) is 10.2 Å². The number of hydrogen-bond donors (Lipinski definition) is 0. The van der Waals surface area contributed by atoms with Crippen LogP contribution >= 0.6 is 11.3 Å². The number of nitrogens with zero attached hydrogens (tertiary/aromatic N) is 5. The van der Waals surface area contributed by atoms with Crippen LogP contribution in [0, 0.1) is 11.3 Å². The van der Waals surface area contributed by atoms with E-state index in [4.69, 9.17) is 20.0 Å². The number of anilines is 2. The third kappa shape index (κ3) is 3.38. The molecule has 3 rings (SSSR count). The average molecular weight is 331 g/mol. The minimum absolute atomic E-state index is 0.414. The summed E-state index contributed by atoms with van der Waals surface area (Å²) < 4.78 is 6.52. The van der Waals surface area contributed by atoms with Crippen LogP contribution in [0.5, 0.6) is 0 Å². The SMILES string of the molecule is CN(CCC#N)c1nc(N(C)C2CCOCC2)nc2ccsc12. The second-order valence-corrected chi connectivity index (χ2v) is 6.68. The molecule has 0 unspecified atom stereocenters. The minimum atomic E-state index is 0.414. The van der Waals surface area contributed by atoms with Gasteiger partial charge in [0.1, 0.15) is 0 Å². The standard InChI is InChI=1S/C16H21N5OS/c1-20(8-3-7-17)15-14-13(6-11-23-14)18-16(19-15)21(2)12-4-9-22-10-5-12/h6,11-12H,3-5,8-10H2,1-2H3. The van der Waals surface area contributed by atoms with E-state index in [9.17, 15) is 0 Å².